The summed E-state index contributed by atoms with van der Waals surface area (Å²) in [4.78, 5) is 71.5. The zero-order chi connectivity index (χ0) is 32.4. The van der Waals surface area contributed by atoms with Crippen LogP contribution in [0.4, 0.5) is 0 Å². The number of H-pyrrole nitrogens is 1. The van der Waals surface area contributed by atoms with Gasteiger partial charge in [-0.3, -0.25) is 19.2 Å². The summed E-state index contributed by atoms with van der Waals surface area (Å²) in [6.45, 7) is 0.0698. The molecule has 0 fully saturated rings. The van der Waals surface area contributed by atoms with Gasteiger partial charge in [-0.2, -0.15) is 0 Å². The number of imidazole rings is 1. The Morgan fingerprint density at radius 1 is 0.739 bits per heavy atom. The molecule has 0 spiro atoms. The van der Waals surface area contributed by atoms with E-state index in [0.717, 1.165) is 11.1 Å². The summed E-state index contributed by atoms with van der Waals surface area (Å²) >= 11 is 0. The molecular weight excluding hydrogens is 640 g/mol. The zero-order valence-corrected chi connectivity index (χ0v) is 26.4. The third-order valence-corrected chi connectivity index (χ3v) is 7.10. The van der Waals surface area contributed by atoms with E-state index in [4.69, 9.17) is 11.5 Å². The van der Waals surface area contributed by atoms with Gasteiger partial charge < -0.3 is 42.5 Å². The van der Waals surface area contributed by atoms with Gasteiger partial charge in [0.25, 0.3) is 0 Å². The number of hydrogen-bond acceptors (Lipinski definition) is 8. The Kier molecular flexibility index (Phi) is 17.0. The maximum absolute atomic E-state index is 13.7. The molecule has 1 heterocycles. The first-order valence-electron chi connectivity index (χ1n) is 14.9. The molecule has 4 amide bonds. The monoisotopic (exact) mass is 681 g/mol. The summed E-state index contributed by atoms with van der Waals surface area (Å²) in [7, 11) is 0. The van der Waals surface area contributed by atoms with Crippen molar-refractivity contribution in [2.75, 3.05) is 13.1 Å². The quantitative estimate of drug-likeness (QED) is 0.0504. The van der Waals surface area contributed by atoms with Crippen molar-refractivity contribution in [2.45, 2.75) is 62.7 Å². The van der Waals surface area contributed by atoms with Gasteiger partial charge in [-0.25, -0.2) is 4.98 Å². The largest absolute Gasteiger partial charge is 0.348 e. The summed E-state index contributed by atoms with van der Waals surface area (Å²) in [5, 5.41) is 10.9. The van der Waals surface area contributed by atoms with Gasteiger partial charge in [0.05, 0.1) is 18.9 Å². The Labute approximate surface area is 278 Å². The van der Waals surface area contributed by atoms with Crippen LogP contribution >= 0.6 is 0 Å². The van der Waals surface area contributed by atoms with Gasteiger partial charge in [0.2, 0.25) is 23.6 Å². The average molecular weight is 682 g/mol. The number of nitrogens with zero attached hydrogens (tertiary/aromatic N) is 1. The van der Waals surface area contributed by atoms with Crippen molar-refractivity contribution in [3.63, 3.8) is 0 Å². The number of hydrogen-bond donors (Lipinski definition) is 7. The first-order valence-corrected chi connectivity index (χ1v) is 14.9. The molecule has 3 aromatic rings. The van der Waals surface area contributed by atoms with E-state index in [9.17, 15) is 24.0 Å². The Hall–Kier alpha value is -4.36. The van der Waals surface area contributed by atoms with Crippen LogP contribution < -0.4 is 32.7 Å². The third kappa shape index (κ3) is 12.9. The number of benzene rings is 2. The van der Waals surface area contributed by atoms with Gasteiger partial charge in [-0.15, -0.1) is 0 Å². The molecule has 13 nitrogen and oxygen atoms in total. The molecule has 0 aliphatic carbocycles. The van der Waals surface area contributed by atoms with Crippen LogP contribution in [0.15, 0.2) is 73.2 Å². The second kappa shape index (κ2) is 20.6. The number of nitrogens with one attached hydrogen (secondary N) is 5. The number of rotatable bonds is 19. The first kappa shape index (κ1) is 37.8. The van der Waals surface area contributed by atoms with Crippen LogP contribution in [0.1, 0.15) is 36.1 Å². The van der Waals surface area contributed by atoms with Crippen LogP contribution in [0.3, 0.4) is 0 Å². The van der Waals surface area contributed by atoms with Gasteiger partial charge in [0.1, 0.15) is 24.4 Å². The molecule has 9 N–H and O–H groups in total. The molecule has 1 aromatic heterocycles. The fourth-order valence-corrected chi connectivity index (χ4v) is 4.73. The molecule has 46 heavy (non-hydrogen) atoms. The number of carbonyl (C=O) groups is 5. The van der Waals surface area contributed by atoms with Crippen molar-refractivity contribution in [1.29, 1.82) is 0 Å². The first-order chi connectivity index (χ1) is 21.8. The van der Waals surface area contributed by atoms with E-state index in [1.54, 1.807) is 0 Å². The fraction of sp³-hybridized carbons (Fsp3) is 0.375. The van der Waals surface area contributed by atoms with Crippen molar-refractivity contribution in [1.82, 2.24) is 31.2 Å². The molecule has 2 aromatic carbocycles. The topological polar surface area (TPSA) is 214 Å². The number of aromatic amines is 1. The van der Waals surface area contributed by atoms with Gasteiger partial charge in [-0.05, 0) is 43.4 Å². The van der Waals surface area contributed by atoms with Crippen LogP contribution in [0.2, 0.25) is 0 Å². The van der Waals surface area contributed by atoms with E-state index in [2.05, 4.69) is 31.2 Å². The van der Waals surface area contributed by atoms with Gasteiger partial charge in [-0.1, -0.05) is 60.7 Å². The summed E-state index contributed by atoms with van der Waals surface area (Å²) in [5.41, 5.74) is 13.4. The average Bonchev–Trinajstić information content (AvgIpc) is 3.57. The molecule has 0 saturated heterocycles. The van der Waals surface area contributed by atoms with Crippen LogP contribution in [-0.4, -0.2) is 77.1 Å². The van der Waals surface area contributed by atoms with Crippen molar-refractivity contribution in [3.8, 4) is 0 Å². The minimum absolute atomic E-state index is 0. The van der Waals surface area contributed by atoms with Gasteiger partial charge in [0, 0.05) is 41.8 Å². The van der Waals surface area contributed by atoms with E-state index < -0.39 is 47.8 Å². The van der Waals surface area contributed by atoms with Crippen LogP contribution in [-0.2, 0) is 60.3 Å². The van der Waals surface area contributed by atoms with Crippen LogP contribution in [0.25, 0.3) is 0 Å². The molecule has 0 saturated carbocycles. The number of unbranched alkanes of at least 4 members (excludes halogenated alkanes) is 1. The zero-order valence-electron chi connectivity index (χ0n) is 25.4. The molecule has 0 bridgehead atoms. The van der Waals surface area contributed by atoms with E-state index >= 15 is 0 Å². The van der Waals surface area contributed by atoms with E-state index in [1.807, 2.05) is 60.7 Å². The fourth-order valence-electron chi connectivity index (χ4n) is 4.73. The number of aldehydes is 1. The minimum atomic E-state index is -1.05. The Morgan fingerprint density at radius 2 is 1.30 bits per heavy atom. The summed E-state index contributed by atoms with van der Waals surface area (Å²) in [5.74, 6) is -2.28. The molecule has 1 radical (unpaired) electrons. The van der Waals surface area contributed by atoms with Gasteiger partial charge in [0.15, 0.2) is 0 Å². The number of nitrogens with two attached hydrogens (primary N) is 2. The van der Waals surface area contributed by atoms with Crippen molar-refractivity contribution < 1.29 is 41.0 Å². The van der Waals surface area contributed by atoms with Gasteiger partial charge >= 0.3 is 0 Å². The molecule has 4 unspecified atom stereocenters. The van der Waals surface area contributed by atoms with E-state index in [1.165, 1.54) is 12.5 Å². The summed E-state index contributed by atoms with van der Waals surface area (Å²) in [6.07, 6.45) is 5.52. The van der Waals surface area contributed by atoms with E-state index in [-0.39, 0.29) is 49.3 Å². The Bertz CT molecular complexity index is 1360. The molecule has 0 aliphatic rings. The third-order valence-electron chi connectivity index (χ3n) is 7.10. The maximum atomic E-state index is 13.7. The normalized spacial score (nSPS) is 13.2. The predicted octanol–water partition coefficient (Wildman–Crippen LogP) is -0.339. The smallest absolute Gasteiger partial charge is 0.243 e. The molecule has 3 rings (SSSR count). The molecule has 14 heteroatoms. The van der Waals surface area contributed by atoms with Crippen LogP contribution in [0, 0.1) is 0 Å². The second-order valence-corrected chi connectivity index (χ2v) is 10.6. The maximum Gasteiger partial charge on any atom is 0.243 e. The molecule has 251 valence electrons. The van der Waals surface area contributed by atoms with Crippen molar-refractivity contribution in [3.05, 3.63) is 90.0 Å². The standard InChI is InChI=1S/C32H42N8O5.Cu/c33-14-8-7-13-26(39-32(45)28(38-29(42)18-34)17-24-19-35-21-36-24)30(43)40-27(16-23-11-5-2-6-12-23)31(44)37-25(20-41)15-22-9-3-1-4-10-22;/h1-6,9-12,19-21,25-28H,7-8,13-18,33-34H2,(H,35,36)(H,37,44)(H,38,42)(H,39,45)(H,40,43);. The molecular formula is C32H42CuN8O5. The minimum Gasteiger partial charge on any atom is -0.348 e. The summed E-state index contributed by atoms with van der Waals surface area (Å²) < 4.78 is 0. The van der Waals surface area contributed by atoms with Crippen LogP contribution in [0.5, 0.6) is 0 Å². The molecule has 4 atom stereocenters. The number of amides is 4. The van der Waals surface area contributed by atoms with Crippen molar-refractivity contribution >= 4 is 29.9 Å². The number of aromatic nitrogens is 2. The molecule has 0 aliphatic heterocycles. The predicted molar refractivity (Wildman–Crippen MR) is 168 cm³/mol. The van der Waals surface area contributed by atoms with Crippen molar-refractivity contribution in [2.24, 2.45) is 11.5 Å². The number of carbonyl (C=O) groups excluding carboxylic acids is 5. The Balaban J connectivity index is 0.00000736. The summed E-state index contributed by atoms with van der Waals surface area (Å²) in [6, 6.07) is 14.4. The SMILES string of the molecule is NCCCCC(NC(=O)C(Cc1cnc[nH]1)NC(=O)CN)C(=O)NC(Cc1ccccc1)C(=O)NC(C=O)Cc1ccccc1.[Cu]. The second-order valence-electron chi connectivity index (χ2n) is 10.6. The Morgan fingerprint density at radius 3 is 1.87 bits per heavy atom. The van der Waals surface area contributed by atoms with E-state index in [0.29, 0.717) is 31.4 Å².